The van der Waals surface area contributed by atoms with Crippen molar-refractivity contribution in [2.24, 2.45) is 5.92 Å². The van der Waals surface area contributed by atoms with Gasteiger partial charge in [0, 0.05) is 25.1 Å². The van der Waals surface area contributed by atoms with Crippen LogP contribution in [0.4, 0.5) is 4.39 Å². The Kier molecular flexibility index (Phi) is 4.77. The molecule has 1 aromatic carbocycles. The number of carbonyl (C=O) groups is 1. The van der Waals surface area contributed by atoms with Crippen LogP contribution in [0, 0.1) is 11.7 Å². The summed E-state index contributed by atoms with van der Waals surface area (Å²) in [7, 11) is 0. The Balaban J connectivity index is 1.67. The van der Waals surface area contributed by atoms with E-state index in [0.717, 1.165) is 38.8 Å². The Bertz CT molecular complexity index is 528. The fraction of sp³-hybridized carbons (Fsp3) is 0.611. The molecule has 0 radical (unpaired) electrons. The number of hydrogen-bond donors (Lipinski definition) is 0. The summed E-state index contributed by atoms with van der Waals surface area (Å²) >= 11 is 0. The molecule has 4 heteroatoms. The maximum absolute atomic E-state index is 14.1. The smallest absolute Gasteiger partial charge is 0.223 e. The molecule has 22 heavy (non-hydrogen) atoms. The zero-order valence-electron chi connectivity index (χ0n) is 13.1. The predicted molar refractivity (Wildman–Crippen MR) is 82.8 cm³/mol. The van der Waals surface area contributed by atoms with Gasteiger partial charge in [0.2, 0.25) is 5.91 Å². The molecule has 2 aliphatic rings. The van der Waals surface area contributed by atoms with Crippen LogP contribution in [0.3, 0.4) is 0 Å². The molecule has 0 N–H and O–H groups in total. The van der Waals surface area contributed by atoms with Crippen molar-refractivity contribution in [3.05, 3.63) is 35.6 Å². The molecule has 2 saturated heterocycles. The van der Waals surface area contributed by atoms with E-state index >= 15 is 0 Å². The van der Waals surface area contributed by atoms with E-state index in [2.05, 4.69) is 6.92 Å². The number of benzene rings is 1. The molecule has 0 aromatic heterocycles. The molecule has 0 aliphatic carbocycles. The van der Waals surface area contributed by atoms with Crippen molar-refractivity contribution in [2.45, 2.75) is 51.2 Å². The van der Waals surface area contributed by atoms with Gasteiger partial charge in [-0.3, -0.25) is 4.79 Å². The van der Waals surface area contributed by atoms with Gasteiger partial charge in [0.15, 0.2) is 0 Å². The molecule has 3 nitrogen and oxygen atoms in total. The van der Waals surface area contributed by atoms with E-state index in [0.29, 0.717) is 17.9 Å². The van der Waals surface area contributed by atoms with Crippen molar-refractivity contribution in [1.82, 2.24) is 4.90 Å². The first-order valence-electron chi connectivity index (χ1n) is 8.30. The molecule has 0 saturated carbocycles. The van der Waals surface area contributed by atoms with Crippen LogP contribution < -0.4 is 0 Å². The second kappa shape index (κ2) is 6.78. The van der Waals surface area contributed by atoms with Crippen molar-refractivity contribution in [2.75, 3.05) is 13.2 Å². The third-order valence-electron chi connectivity index (χ3n) is 4.80. The lowest BCUT2D eigenvalue weighted by Crippen LogP contribution is -2.32. The predicted octanol–water partition coefficient (Wildman–Crippen LogP) is 3.69. The minimum atomic E-state index is -0.210. The van der Waals surface area contributed by atoms with E-state index in [1.807, 2.05) is 11.0 Å². The quantitative estimate of drug-likeness (QED) is 0.849. The highest BCUT2D eigenvalue weighted by molar-refractivity contribution is 5.77. The number of likely N-dealkylation sites (tertiary alicyclic amines) is 1. The Morgan fingerprint density at radius 3 is 2.95 bits per heavy atom. The molecule has 2 fully saturated rings. The fourth-order valence-electron chi connectivity index (χ4n) is 3.66. The minimum absolute atomic E-state index is 0.117. The number of carbonyl (C=O) groups excluding carboxylic acids is 1. The summed E-state index contributed by atoms with van der Waals surface area (Å²) in [6.45, 7) is 3.67. The Hall–Kier alpha value is -1.42. The van der Waals surface area contributed by atoms with Crippen LogP contribution in [0.25, 0.3) is 0 Å². The van der Waals surface area contributed by atoms with Crippen LogP contribution in [0.2, 0.25) is 0 Å². The number of nitrogens with zero attached hydrogens (tertiary/aromatic N) is 1. The van der Waals surface area contributed by atoms with Gasteiger partial charge in [0.05, 0.1) is 12.1 Å². The van der Waals surface area contributed by atoms with E-state index in [4.69, 9.17) is 4.74 Å². The van der Waals surface area contributed by atoms with E-state index in [1.54, 1.807) is 12.1 Å². The van der Waals surface area contributed by atoms with Gasteiger partial charge in [-0.05, 0) is 37.7 Å². The van der Waals surface area contributed by atoms with Crippen LogP contribution in [-0.2, 0) is 9.53 Å². The van der Waals surface area contributed by atoms with Gasteiger partial charge in [-0.25, -0.2) is 4.39 Å². The standard InChI is InChI=1S/C18H24FNO2/c1-13-11-17(15-6-2-3-7-16(15)19)20(12-13)18(21)9-8-14-5-4-10-22-14/h2-3,6-7,13-14,17H,4-5,8-12H2,1H3/t13-,14-,17-/m1/s1. The van der Waals surface area contributed by atoms with Gasteiger partial charge >= 0.3 is 0 Å². The van der Waals surface area contributed by atoms with Crippen molar-refractivity contribution in [1.29, 1.82) is 0 Å². The van der Waals surface area contributed by atoms with Crippen LogP contribution in [0.1, 0.15) is 50.6 Å². The molecular weight excluding hydrogens is 281 g/mol. The van der Waals surface area contributed by atoms with Crippen LogP contribution >= 0.6 is 0 Å². The van der Waals surface area contributed by atoms with Gasteiger partial charge in [0.1, 0.15) is 5.82 Å². The lowest BCUT2D eigenvalue weighted by Gasteiger charge is -2.26. The number of rotatable bonds is 4. The highest BCUT2D eigenvalue weighted by Crippen LogP contribution is 2.37. The van der Waals surface area contributed by atoms with Crippen LogP contribution in [0.15, 0.2) is 24.3 Å². The minimum Gasteiger partial charge on any atom is -0.378 e. The second-order valence-electron chi connectivity index (χ2n) is 6.60. The van der Waals surface area contributed by atoms with Crippen molar-refractivity contribution >= 4 is 5.91 Å². The van der Waals surface area contributed by atoms with E-state index in [1.165, 1.54) is 6.07 Å². The fourth-order valence-corrected chi connectivity index (χ4v) is 3.66. The van der Waals surface area contributed by atoms with Crippen molar-refractivity contribution in [3.8, 4) is 0 Å². The molecule has 0 bridgehead atoms. The maximum atomic E-state index is 14.1. The SMILES string of the molecule is C[C@@H]1C[C@H](c2ccccc2F)N(C(=O)CC[C@H]2CCCO2)C1. The van der Waals surface area contributed by atoms with Gasteiger partial charge in [-0.2, -0.15) is 0 Å². The summed E-state index contributed by atoms with van der Waals surface area (Å²) in [5, 5.41) is 0. The molecular formula is C18H24FNO2. The van der Waals surface area contributed by atoms with Gasteiger partial charge in [0.25, 0.3) is 0 Å². The number of halogens is 1. The second-order valence-corrected chi connectivity index (χ2v) is 6.60. The van der Waals surface area contributed by atoms with E-state index < -0.39 is 0 Å². The zero-order valence-corrected chi connectivity index (χ0v) is 13.1. The molecule has 3 rings (SSSR count). The van der Waals surface area contributed by atoms with Gasteiger partial charge < -0.3 is 9.64 Å². The summed E-state index contributed by atoms with van der Waals surface area (Å²) in [6, 6.07) is 6.70. The first kappa shape index (κ1) is 15.5. The van der Waals surface area contributed by atoms with E-state index in [-0.39, 0.29) is 23.9 Å². The lowest BCUT2D eigenvalue weighted by atomic mass is 10.00. The highest BCUT2D eigenvalue weighted by atomic mass is 19.1. The molecule has 120 valence electrons. The topological polar surface area (TPSA) is 29.5 Å². The Morgan fingerprint density at radius 1 is 1.41 bits per heavy atom. The number of amides is 1. The summed E-state index contributed by atoms with van der Waals surface area (Å²) in [5.74, 6) is 0.336. The molecule has 3 atom stereocenters. The molecule has 0 unspecified atom stereocenters. The molecule has 1 amide bonds. The van der Waals surface area contributed by atoms with Crippen molar-refractivity contribution < 1.29 is 13.9 Å². The summed E-state index contributed by atoms with van der Waals surface area (Å²) in [6.07, 6.45) is 4.51. The van der Waals surface area contributed by atoms with Crippen LogP contribution in [-0.4, -0.2) is 30.1 Å². The lowest BCUT2D eigenvalue weighted by molar-refractivity contribution is -0.132. The summed E-state index contributed by atoms with van der Waals surface area (Å²) in [5.41, 5.74) is 0.650. The third kappa shape index (κ3) is 3.32. The number of ether oxygens (including phenoxy) is 1. The highest BCUT2D eigenvalue weighted by Gasteiger charge is 2.35. The third-order valence-corrected chi connectivity index (χ3v) is 4.80. The molecule has 2 aliphatic heterocycles. The van der Waals surface area contributed by atoms with Crippen molar-refractivity contribution in [3.63, 3.8) is 0 Å². The monoisotopic (exact) mass is 305 g/mol. The average Bonchev–Trinajstić information content (AvgIpc) is 3.14. The average molecular weight is 305 g/mol. The van der Waals surface area contributed by atoms with E-state index in [9.17, 15) is 9.18 Å². The summed E-state index contributed by atoms with van der Waals surface area (Å²) < 4.78 is 19.7. The first-order chi connectivity index (χ1) is 10.6. The van der Waals surface area contributed by atoms with Gasteiger partial charge in [-0.15, -0.1) is 0 Å². The normalized spacial score (nSPS) is 28.3. The zero-order chi connectivity index (χ0) is 15.5. The number of hydrogen-bond acceptors (Lipinski definition) is 2. The summed E-state index contributed by atoms with van der Waals surface area (Å²) in [4.78, 5) is 14.5. The molecule has 0 spiro atoms. The van der Waals surface area contributed by atoms with Crippen LogP contribution in [0.5, 0.6) is 0 Å². The van der Waals surface area contributed by atoms with Gasteiger partial charge in [-0.1, -0.05) is 25.1 Å². The first-order valence-corrected chi connectivity index (χ1v) is 8.30. The molecule has 2 heterocycles. The Morgan fingerprint density at radius 2 is 2.23 bits per heavy atom. The molecule has 1 aromatic rings. The largest absolute Gasteiger partial charge is 0.378 e. The maximum Gasteiger partial charge on any atom is 0.223 e. The Labute approximate surface area is 131 Å².